The molecule has 19 heteroatoms. The van der Waals surface area contributed by atoms with Gasteiger partial charge >= 0.3 is 24.1 Å². The molecule has 0 radical (unpaired) electrons. The van der Waals surface area contributed by atoms with E-state index >= 15 is 4.79 Å². The van der Waals surface area contributed by atoms with Crippen molar-refractivity contribution in [1.29, 1.82) is 0 Å². The van der Waals surface area contributed by atoms with Gasteiger partial charge in [-0.1, -0.05) is 76.2 Å². The number of nitrogens with one attached hydrogen (secondary N) is 1. The van der Waals surface area contributed by atoms with Crippen LogP contribution in [-0.2, 0) is 47.6 Å². The van der Waals surface area contributed by atoms with Gasteiger partial charge in [0.25, 0.3) is 5.91 Å². The van der Waals surface area contributed by atoms with Gasteiger partial charge in [-0.3, -0.25) is 24.4 Å². The second-order valence-corrected chi connectivity index (χ2v) is 21.3. The number of imide groups is 1. The molecule has 3 amide bonds. The van der Waals surface area contributed by atoms with Crippen molar-refractivity contribution in [2.45, 2.75) is 135 Å². The Bertz CT molecular complexity index is 2840. The van der Waals surface area contributed by atoms with Crippen LogP contribution in [0.5, 0.6) is 0 Å². The third-order valence-electron chi connectivity index (χ3n) is 15.1. The molecule has 3 aromatic heterocycles. The Hall–Kier alpha value is -7.48. The van der Waals surface area contributed by atoms with E-state index in [-0.39, 0.29) is 31.5 Å². The van der Waals surface area contributed by atoms with Gasteiger partial charge in [-0.15, -0.1) is 0 Å². The van der Waals surface area contributed by atoms with E-state index in [1.54, 1.807) is 122 Å². The summed E-state index contributed by atoms with van der Waals surface area (Å²) in [5, 5.41) is 2.83. The first-order valence-electron chi connectivity index (χ1n) is 26.9. The van der Waals surface area contributed by atoms with E-state index in [9.17, 15) is 24.0 Å². The van der Waals surface area contributed by atoms with E-state index in [4.69, 9.17) is 28.4 Å². The van der Waals surface area contributed by atoms with Gasteiger partial charge < -0.3 is 38.6 Å². The van der Waals surface area contributed by atoms with E-state index in [1.807, 2.05) is 51.4 Å². The molecule has 0 aliphatic carbocycles. The van der Waals surface area contributed by atoms with Gasteiger partial charge in [0.1, 0.15) is 29.7 Å². The molecule has 420 valence electrons. The van der Waals surface area contributed by atoms with Crippen LogP contribution in [0.4, 0.5) is 9.59 Å². The molecule has 3 saturated heterocycles. The topological polar surface area (TPSA) is 228 Å². The molecule has 13 atom stereocenters. The summed E-state index contributed by atoms with van der Waals surface area (Å²) in [6, 6.07) is 14.9. The van der Waals surface area contributed by atoms with Crippen molar-refractivity contribution in [3.05, 3.63) is 127 Å². The summed E-state index contributed by atoms with van der Waals surface area (Å²) in [7, 11) is 3.92. The van der Waals surface area contributed by atoms with Gasteiger partial charge in [0.15, 0.2) is 17.7 Å². The molecule has 1 N–H and O–H groups in total. The lowest BCUT2D eigenvalue weighted by Gasteiger charge is -2.47. The summed E-state index contributed by atoms with van der Waals surface area (Å²) >= 11 is 0. The highest BCUT2D eigenvalue weighted by Gasteiger charge is 2.62. The summed E-state index contributed by atoms with van der Waals surface area (Å²) < 4.78 is 39.0. The zero-order valence-electron chi connectivity index (χ0n) is 46.6. The number of carbonyl (C=O) groups is 6. The molecule has 3 fully saturated rings. The largest absolute Gasteiger partial charge is 0.458 e. The third kappa shape index (κ3) is 14.6. The highest BCUT2D eigenvalue weighted by Crippen LogP contribution is 2.44. The fourth-order valence-corrected chi connectivity index (χ4v) is 11.1. The minimum atomic E-state index is -1.78. The van der Waals surface area contributed by atoms with E-state index in [0.717, 1.165) is 16.0 Å². The van der Waals surface area contributed by atoms with Gasteiger partial charge in [-0.25, -0.2) is 29.3 Å². The number of benzene rings is 1. The van der Waals surface area contributed by atoms with Crippen LogP contribution in [0.15, 0.2) is 110 Å². The summed E-state index contributed by atoms with van der Waals surface area (Å²) in [5.74, 6) is -6.69. The predicted molar refractivity (Wildman–Crippen MR) is 294 cm³/mol. The van der Waals surface area contributed by atoms with Crippen LogP contribution in [0.2, 0.25) is 0 Å². The standard InChI is InChI=1S/C60H73N7O12/c1-11-47-60(8)53(67(58(73)79-60)48(68)25-21-43-17-12-27-61-35-43)39(4)51(70)37(2)34-59(7,78-57(72)65-29-14-16-42-19-23-45(24-20-42)55-63-30-15-31-64-55)54(77-50-33-46(66(9)10)32-38(3)74-50)40(5)52(41(6)56(71)75-47)76-49(69)26-22-44-18-13-28-62-36-44/h12-28,30-31,35-41,46-47,50,52-54H,11,29,32-34H2,1-10H3,(H,65,72)/b16-14+,25-21+,26-22+/t37-,38?,39+,40+,41-,46+,47-,50+,52+,53-,54-,59-,60-/m1/s1. The maximum atomic E-state index is 15.4. The van der Waals surface area contributed by atoms with Crippen molar-refractivity contribution >= 4 is 54.0 Å². The number of amides is 3. The average molecular weight is 1080 g/mol. The van der Waals surface area contributed by atoms with Crippen LogP contribution in [0, 0.1) is 23.7 Å². The first-order chi connectivity index (χ1) is 37.7. The normalized spacial score (nSPS) is 29.9. The fourth-order valence-electron chi connectivity index (χ4n) is 11.1. The summed E-state index contributed by atoms with van der Waals surface area (Å²) in [6.07, 6.45) is 12.7. The molecule has 0 bridgehead atoms. The van der Waals surface area contributed by atoms with E-state index in [1.165, 1.54) is 24.3 Å². The van der Waals surface area contributed by atoms with Crippen molar-refractivity contribution < 1.29 is 57.2 Å². The number of alkyl carbamates (subject to hydrolysis) is 1. The summed E-state index contributed by atoms with van der Waals surface area (Å²) in [6.45, 7) is 13.4. The zero-order valence-corrected chi connectivity index (χ0v) is 46.6. The van der Waals surface area contributed by atoms with Gasteiger partial charge in [0.05, 0.1) is 18.1 Å². The number of hydrogen-bond acceptors (Lipinski definition) is 17. The molecule has 79 heavy (non-hydrogen) atoms. The number of ether oxygens (including phenoxy) is 6. The molecule has 6 heterocycles. The number of aromatic nitrogens is 4. The maximum Gasteiger partial charge on any atom is 0.417 e. The quantitative estimate of drug-likeness (QED) is 0.0708. The molecular weight excluding hydrogens is 1010 g/mol. The Kier molecular flexibility index (Phi) is 19.8. The lowest BCUT2D eigenvalue weighted by molar-refractivity contribution is -0.267. The Morgan fingerprint density at radius 2 is 1.48 bits per heavy atom. The van der Waals surface area contributed by atoms with Crippen LogP contribution in [0.25, 0.3) is 29.6 Å². The number of fused-ring (bicyclic) bond motifs is 1. The first kappa shape index (κ1) is 59.2. The molecule has 0 spiro atoms. The molecule has 3 aliphatic rings. The lowest BCUT2D eigenvalue weighted by atomic mass is 9.73. The number of pyridine rings is 2. The van der Waals surface area contributed by atoms with E-state index in [0.29, 0.717) is 29.8 Å². The predicted octanol–water partition coefficient (Wildman–Crippen LogP) is 8.56. The number of ketones is 1. The molecule has 3 aliphatic heterocycles. The maximum absolute atomic E-state index is 15.4. The van der Waals surface area contributed by atoms with Crippen LogP contribution in [-0.4, -0.2) is 140 Å². The van der Waals surface area contributed by atoms with Gasteiger partial charge in [0, 0.05) is 91.7 Å². The highest BCUT2D eigenvalue weighted by molar-refractivity contribution is 6.03. The van der Waals surface area contributed by atoms with Crippen LogP contribution >= 0.6 is 0 Å². The first-order valence-corrected chi connectivity index (χ1v) is 26.9. The summed E-state index contributed by atoms with van der Waals surface area (Å²) in [4.78, 5) is 107. The number of esters is 2. The number of carbonyl (C=O) groups excluding carboxylic acids is 6. The molecule has 1 aromatic carbocycles. The van der Waals surface area contributed by atoms with E-state index < -0.39 is 101 Å². The number of nitrogens with zero attached hydrogens (tertiary/aromatic N) is 6. The second-order valence-electron chi connectivity index (χ2n) is 21.3. The Labute approximate surface area is 462 Å². The molecule has 4 aromatic rings. The van der Waals surface area contributed by atoms with Crippen molar-refractivity contribution in [2.75, 3.05) is 20.6 Å². The minimum Gasteiger partial charge on any atom is -0.458 e. The van der Waals surface area contributed by atoms with Gasteiger partial charge in [0.2, 0.25) is 0 Å². The average Bonchev–Trinajstić information content (AvgIpc) is 3.74. The SMILES string of the molecule is CC[C@H]1OC(=O)[C@H](C)[C@@H](OC(=O)/C=C/c2cccnc2)[C@H](C)[C@@H](O[C@H]2C[C@@H](N(C)C)CC(C)O2)[C@](C)(OC(=O)NC/C=C/c2ccc(-c3ncccn3)cc2)C[C@@H](C)C(=O)[C@H](C)[C@H]2N(C(=O)/C=C/c3cccnc3)C(=O)O[C@]12C. The number of Topliss-reactive ketones (excluding diaryl/α,β-unsaturated/α-hetero) is 1. The molecule has 1 unspecified atom stereocenters. The van der Waals surface area contributed by atoms with Crippen LogP contribution in [0.3, 0.4) is 0 Å². The van der Waals surface area contributed by atoms with E-state index in [2.05, 4.69) is 30.2 Å². The second kappa shape index (κ2) is 26.4. The lowest BCUT2D eigenvalue weighted by Crippen LogP contribution is -2.60. The Morgan fingerprint density at radius 1 is 0.823 bits per heavy atom. The molecule has 0 saturated carbocycles. The van der Waals surface area contributed by atoms with Gasteiger partial charge in [-0.2, -0.15) is 0 Å². The number of rotatable bonds is 14. The van der Waals surface area contributed by atoms with Gasteiger partial charge in [-0.05, 0) is 108 Å². The van der Waals surface area contributed by atoms with Crippen molar-refractivity contribution in [2.24, 2.45) is 23.7 Å². The van der Waals surface area contributed by atoms with Crippen molar-refractivity contribution in [1.82, 2.24) is 35.1 Å². The van der Waals surface area contributed by atoms with Crippen molar-refractivity contribution in [3.63, 3.8) is 0 Å². The molecule has 19 nitrogen and oxygen atoms in total. The Balaban J connectivity index is 1.30. The van der Waals surface area contributed by atoms with Crippen molar-refractivity contribution in [3.8, 4) is 11.4 Å². The number of hydrogen-bond donors (Lipinski definition) is 1. The molecule has 7 rings (SSSR count). The summed E-state index contributed by atoms with van der Waals surface area (Å²) in [5.41, 5.74) is -0.694. The van der Waals surface area contributed by atoms with Crippen LogP contribution in [0.1, 0.15) is 97.8 Å². The minimum absolute atomic E-state index is 0.00989. The smallest absolute Gasteiger partial charge is 0.417 e. The Morgan fingerprint density at radius 3 is 2.10 bits per heavy atom. The highest BCUT2D eigenvalue weighted by atomic mass is 16.7. The zero-order chi connectivity index (χ0) is 57.0. The fraction of sp³-hybridized carbons (Fsp3) is 0.467. The third-order valence-corrected chi connectivity index (χ3v) is 15.1. The molecular formula is C60H73N7O12. The monoisotopic (exact) mass is 1080 g/mol. The van der Waals surface area contributed by atoms with Crippen LogP contribution < -0.4 is 5.32 Å². The number of cyclic esters (lactones) is 1.